The fourth-order valence-corrected chi connectivity index (χ4v) is 5.26. The number of rotatable bonds is 2. The zero-order valence-electron chi connectivity index (χ0n) is 20.6. The Balaban J connectivity index is 0.000000124. The monoisotopic (exact) mass is 524 g/mol. The molecule has 1 atom stereocenters. The van der Waals surface area contributed by atoms with E-state index in [4.69, 9.17) is 0 Å². The first-order valence-electron chi connectivity index (χ1n) is 12.6. The Bertz CT molecular complexity index is 1370. The van der Waals surface area contributed by atoms with Crippen molar-refractivity contribution in [1.29, 1.82) is 0 Å². The highest BCUT2D eigenvalue weighted by Crippen LogP contribution is 2.33. The van der Waals surface area contributed by atoms with E-state index in [9.17, 15) is 0 Å². The van der Waals surface area contributed by atoms with Gasteiger partial charge in [-0.2, -0.15) is 0 Å². The van der Waals surface area contributed by atoms with Gasteiger partial charge in [-0.15, -0.1) is 0 Å². The van der Waals surface area contributed by atoms with Gasteiger partial charge in [0, 0.05) is 27.6 Å². The molecule has 35 heavy (non-hydrogen) atoms. The van der Waals surface area contributed by atoms with Crippen LogP contribution in [0.15, 0.2) is 102 Å². The van der Waals surface area contributed by atoms with Gasteiger partial charge in [-0.25, -0.2) is 0 Å². The number of nitrogens with zero attached hydrogens (tertiary/aromatic N) is 2. The molecule has 1 aliphatic carbocycles. The van der Waals surface area contributed by atoms with Crippen LogP contribution in [0.2, 0.25) is 0 Å². The van der Waals surface area contributed by atoms with Crippen LogP contribution in [0.4, 0.5) is 0 Å². The number of aromatic nitrogens is 2. The standard InChI is InChI=1S/C12H16.C11H11N.C9H6BrN/c1-2-10-7-5-8-11-6-3-4-9-12(10)11;1-2-9-7-8-12-11-6-4-3-5-10(9)11;10-8-5-6-11-9-4-2-1-3-7(8)9/h3-4,6,9-10H,2,5,7-8H2,1H3;3-8H,2H2,1H3;1-6H. The highest BCUT2D eigenvalue weighted by molar-refractivity contribution is 9.10. The van der Waals surface area contributed by atoms with Crippen molar-refractivity contribution in [2.24, 2.45) is 0 Å². The van der Waals surface area contributed by atoms with E-state index in [2.05, 4.69) is 88.3 Å². The Morgan fingerprint density at radius 3 is 2.09 bits per heavy atom. The van der Waals surface area contributed by atoms with E-state index >= 15 is 0 Å². The molecule has 0 amide bonds. The van der Waals surface area contributed by atoms with E-state index in [1.54, 1.807) is 17.3 Å². The maximum Gasteiger partial charge on any atom is 0.0713 e. The largest absolute Gasteiger partial charge is 0.256 e. The summed E-state index contributed by atoms with van der Waals surface area (Å²) in [6.45, 7) is 4.47. The minimum absolute atomic E-state index is 0.843. The van der Waals surface area contributed by atoms with E-state index < -0.39 is 0 Å². The van der Waals surface area contributed by atoms with Gasteiger partial charge in [0.05, 0.1) is 11.0 Å². The van der Waals surface area contributed by atoms with Gasteiger partial charge in [-0.1, -0.05) is 90.4 Å². The smallest absolute Gasteiger partial charge is 0.0713 e. The zero-order chi connectivity index (χ0) is 24.5. The number of aryl methyl sites for hydroxylation is 2. The molecule has 178 valence electrons. The number of benzene rings is 3. The van der Waals surface area contributed by atoms with Gasteiger partial charge >= 0.3 is 0 Å². The summed E-state index contributed by atoms with van der Waals surface area (Å²) in [5.74, 6) is 0.843. The third-order valence-electron chi connectivity index (χ3n) is 6.70. The molecule has 1 aliphatic rings. The number of halogens is 1. The van der Waals surface area contributed by atoms with Crippen LogP contribution in [0.1, 0.15) is 55.7 Å². The molecule has 3 aromatic carbocycles. The molecular weight excluding hydrogens is 492 g/mol. The second-order valence-electron chi connectivity index (χ2n) is 8.85. The molecule has 0 fully saturated rings. The Morgan fingerprint density at radius 1 is 0.743 bits per heavy atom. The van der Waals surface area contributed by atoms with E-state index in [0.29, 0.717) is 0 Å². The summed E-state index contributed by atoms with van der Waals surface area (Å²) in [6, 6.07) is 29.3. The van der Waals surface area contributed by atoms with E-state index in [1.807, 2.05) is 42.6 Å². The van der Waals surface area contributed by atoms with E-state index in [0.717, 1.165) is 33.2 Å². The number of hydrogen-bond donors (Lipinski definition) is 0. The quantitative estimate of drug-likeness (QED) is 0.230. The average molecular weight is 526 g/mol. The van der Waals surface area contributed by atoms with Crippen LogP contribution in [0, 0.1) is 0 Å². The molecule has 0 saturated carbocycles. The molecule has 0 bridgehead atoms. The van der Waals surface area contributed by atoms with Gasteiger partial charge in [0.15, 0.2) is 0 Å². The third-order valence-corrected chi connectivity index (χ3v) is 7.39. The van der Waals surface area contributed by atoms with Gasteiger partial charge in [0.2, 0.25) is 0 Å². The van der Waals surface area contributed by atoms with Crippen molar-refractivity contribution in [3.8, 4) is 0 Å². The fraction of sp³-hybridized carbons (Fsp3) is 0.250. The fourth-order valence-electron chi connectivity index (χ4n) is 4.80. The lowest BCUT2D eigenvalue weighted by molar-refractivity contribution is 0.540. The molecule has 6 rings (SSSR count). The summed E-state index contributed by atoms with van der Waals surface area (Å²) in [5.41, 5.74) is 6.71. The number of fused-ring (bicyclic) bond motifs is 3. The van der Waals surface area contributed by atoms with Crippen LogP contribution in [0.3, 0.4) is 0 Å². The van der Waals surface area contributed by atoms with Crippen molar-refractivity contribution in [3.05, 3.63) is 118 Å². The number of pyridine rings is 2. The van der Waals surface area contributed by atoms with E-state index in [1.165, 1.54) is 36.6 Å². The molecule has 0 radical (unpaired) electrons. The van der Waals surface area contributed by atoms with E-state index in [-0.39, 0.29) is 0 Å². The van der Waals surface area contributed by atoms with Gasteiger partial charge in [-0.05, 0) is 79.0 Å². The first-order valence-corrected chi connectivity index (χ1v) is 13.4. The first kappa shape index (κ1) is 25.1. The van der Waals surface area contributed by atoms with Crippen molar-refractivity contribution in [1.82, 2.24) is 9.97 Å². The molecule has 5 aromatic rings. The van der Waals surface area contributed by atoms with Crippen molar-refractivity contribution in [2.45, 2.75) is 51.9 Å². The summed E-state index contributed by atoms with van der Waals surface area (Å²) < 4.78 is 1.10. The molecule has 0 spiro atoms. The predicted molar refractivity (Wildman–Crippen MR) is 153 cm³/mol. The minimum Gasteiger partial charge on any atom is -0.256 e. The van der Waals surface area contributed by atoms with Crippen molar-refractivity contribution < 1.29 is 0 Å². The molecule has 2 nitrogen and oxygen atoms in total. The first-order chi connectivity index (χ1) is 17.2. The van der Waals surface area contributed by atoms with Crippen molar-refractivity contribution in [3.63, 3.8) is 0 Å². The minimum atomic E-state index is 0.843. The molecule has 3 heteroatoms. The van der Waals surface area contributed by atoms with Crippen LogP contribution in [-0.4, -0.2) is 9.97 Å². The van der Waals surface area contributed by atoms with Crippen LogP contribution < -0.4 is 0 Å². The maximum atomic E-state index is 4.29. The lowest BCUT2D eigenvalue weighted by Gasteiger charge is -2.23. The summed E-state index contributed by atoms with van der Waals surface area (Å²) in [5, 5.41) is 2.44. The van der Waals surface area contributed by atoms with Crippen LogP contribution in [0.5, 0.6) is 0 Å². The highest BCUT2D eigenvalue weighted by atomic mass is 79.9. The summed E-state index contributed by atoms with van der Waals surface area (Å²) >= 11 is 3.46. The normalized spacial score (nSPS) is 14.3. The van der Waals surface area contributed by atoms with Crippen molar-refractivity contribution >= 4 is 37.7 Å². The molecule has 1 unspecified atom stereocenters. The second-order valence-corrected chi connectivity index (χ2v) is 9.70. The second kappa shape index (κ2) is 12.6. The topological polar surface area (TPSA) is 25.8 Å². The Labute approximate surface area is 217 Å². The summed E-state index contributed by atoms with van der Waals surface area (Å²) in [7, 11) is 0. The number of para-hydroxylation sites is 2. The molecule has 2 aromatic heterocycles. The highest BCUT2D eigenvalue weighted by Gasteiger charge is 2.17. The molecule has 0 saturated heterocycles. The third kappa shape index (κ3) is 6.35. The molecular formula is C32H33BrN2. The Morgan fingerprint density at radius 2 is 1.37 bits per heavy atom. The van der Waals surface area contributed by atoms with Gasteiger partial charge in [0.1, 0.15) is 0 Å². The van der Waals surface area contributed by atoms with Crippen molar-refractivity contribution in [2.75, 3.05) is 0 Å². The number of hydrogen-bond acceptors (Lipinski definition) is 2. The Hall–Kier alpha value is -3.04. The predicted octanol–water partition coefficient (Wildman–Crippen LogP) is 9.31. The van der Waals surface area contributed by atoms with Gasteiger partial charge < -0.3 is 0 Å². The molecule has 2 heterocycles. The van der Waals surface area contributed by atoms with Crippen LogP contribution in [0.25, 0.3) is 21.8 Å². The lowest BCUT2D eigenvalue weighted by atomic mass is 9.81. The van der Waals surface area contributed by atoms with Gasteiger partial charge in [0.25, 0.3) is 0 Å². The van der Waals surface area contributed by atoms with Crippen LogP contribution in [-0.2, 0) is 12.8 Å². The van der Waals surface area contributed by atoms with Gasteiger partial charge in [-0.3, -0.25) is 9.97 Å². The zero-order valence-corrected chi connectivity index (χ0v) is 22.2. The Kier molecular flexibility index (Phi) is 9.02. The lowest BCUT2D eigenvalue weighted by Crippen LogP contribution is -2.08. The SMILES string of the molecule is Brc1ccnc2ccccc12.CCC1CCCc2ccccc21.CCc1ccnc2ccccc12. The summed E-state index contributed by atoms with van der Waals surface area (Å²) in [6.07, 6.45) is 10.1. The maximum absolute atomic E-state index is 4.29. The molecule has 0 N–H and O–H groups in total. The summed E-state index contributed by atoms with van der Waals surface area (Å²) in [4.78, 5) is 8.50. The molecule has 0 aliphatic heterocycles. The average Bonchev–Trinajstić information content (AvgIpc) is 2.93. The van der Waals surface area contributed by atoms with Crippen LogP contribution >= 0.6 is 15.9 Å².